The standard InChI is InChI=1S/C12H24N2O3/c1-11(2,3)17-10(15)14-7-5-6-9(14)12(4,16)8-13/h9,16H,5-8,13H2,1-4H3/t9-,12-/m0/s1. The van der Waals surface area contributed by atoms with E-state index in [1.807, 2.05) is 20.8 Å². The number of carbonyl (C=O) groups is 1. The average molecular weight is 244 g/mol. The molecule has 0 aromatic rings. The Morgan fingerprint density at radius 1 is 1.47 bits per heavy atom. The molecule has 0 aliphatic carbocycles. The van der Waals surface area contributed by atoms with E-state index in [1.165, 1.54) is 0 Å². The summed E-state index contributed by atoms with van der Waals surface area (Å²) in [6, 6.07) is -0.248. The first-order chi connectivity index (χ1) is 7.67. The molecule has 0 radical (unpaired) electrons. The summed E-state index contributed by atoms with van der Waals surface area (Å²) in [6.07, 6.45) is 1.28. The van der Waals surface area contributed by atoms with E-state index in [0.29, 0.717) is 6.54 Å². The molecule has 0 saturated carbocycles. The molecule has 5 nitrogen and oxygen atoms in total. The number of hydrogen-bond donors (Lipinski definition) is 2. The molecule has 1 fully saturated rings. The molecule has 0 aromatic heterocycles. The second-order valence-electron chi connectivity index (χ2n) is 5.89. The Kier molecular flexibility index (Phi) is 4.04. The Labute approximate surface area is 103 Å². The molecule has 1 rings (SSSR count). The van der Waals surface area contributed by atoms with Crippen LogP contribution in [0.3, 0.4) is 0 Å². The third kappa shape index (κ3) is 3.57. The minimum atomic E-state index is -1.05. The van der Waals surface area contributed by atoms with Crippen LogP contribution in [-0.2, 0) is 4.74 Å². The van der Waals surface area contributed by atoms with Crippen LogP contribution in [0.1, 0.15) is 40.5 Å². The zero-order valence-electron chi connectivity index (χ0n) is 11.2. The van der Waals surface area contributed by atoms with Gasteiger partial charge in [-0.1, -0.05) is 0 Å². The maximum Gasteiger partial charge on any atom is 0.410 e. The highest BCUT2D eigenvalue weighted by atomic mass is 16.6. The Morgan fingerprint density at radius 3 is 2.53 bits per heavy atom. The topological polar surface area (TPSA) is 75.8 Å². The number of nitrogens with two attached hydrogens (primary N) is 1. The molecule has 1 amide bonds. The lowest BCUT2D eigenvalue weighted by Gasteiger charge is -2.36. The summed E-state index contributed by atoms with van der Waals surface area (Å²) in [4.78, 5) is 13.6. The fourth-order valence-electron chi connectivity index (χ4n) is 2.09. The lowest BCUT2D eigenvalue weighted by Crippen LogP contribution is -2.54. The van der Waals surface area contributed by atoms with Crippen molar-refractivity contribution in [3.63, 3.8) is 0 Å². The quantitative estimate of drug-likeness (QED) is 0.762. The number of aliphatic hydroxyl groups is 1. The van der Waals surface area contributed by atoms with E-state index in [9.17, 15) is 9.90 Å². The molecule has 1 heterocycles. The van der Waals surface area contributed by atoms with Crippen molar-refractivity contribution >= 4 is 6.09 Å². The third-order valence-electron chi connectivity index (χ3n) is 3.01. The van der Waals surface area contributed by atoms with Gasteiger partial charge in [-0.15, -0.1) is 0 Å². The molecule has 17 heavy (non-hydrogen) atoms. The molecule has 100 valence electrons. The van der Waals surface area contributed by atoms with Gasteiger partial charge in [-0.05, 0) is 40.5 Å². The Morgan fingerprint density at radius 2 is 2.06 bits per heavy atom. The summed E-state index contributed by atoms with van der Waals surface area (Å²) in [5, 5.41) is 10.2. The fourth-order valence-corrected chi connectivity index (χ4v) is 2.09. The van der Waals surface area contributed by atoms with Crippen LogP contribution >= 0.6 is 0 Å². The molecule has 5 heteroatoms. The normalized spacial score (nSPS) is 24.6. The van der Waals surface area contributed by atoms with E-state index in [2.05, 4.69) is 0 Å². The van der Waals surface area contributed by atoms with Crippen molar-refractivity contribution in [1.29, 1.82) is 0 Å². The van der Waals surface area contributed by atoms with Crippen LogP contribution in [0.25, 0.3) is 0 Å². The van der Waals surface area contributed by atoms with Crippen molar-refractivity contribution < 1.29 is 14.6 Å². The highest BCUT2D eigenvalue weighted by Gasteiger charge is 2.42. The van der Waals surface area contributed by atoms with Crippen LogP contribution in [0.15, 0.2) is 0 Å². The summed E-state index contributed by atoms with van der Waals surface area (Å²) in [5.41, 5.74) is 3.98. The number of amides is 1. The highest BCUT2D eigenvalue weighted by Crippen LogP contribution is 2.28. The van der Waals surface area contributed by atoms with Crippen molar-refractivity contribution in [3.05, 3.63) is 0 Å². The average Bonchev–Trinajstić information content (AvgIpc) is 2.63. The van der Waals surface area contributed by atoms with Crippen molar-refractivity contribution in [2.45, 2.75) is 57.8 Å². The van der Waals surface area contributed by atoms with Gasteiger partial charge in [-0.3, -0.25) is 0 Å². The molecule has 0 spiro atoms. The van der Waals surface area contributed by atoms with Gasteiger partial charge in [-0.2, -0.15) is 0 Å². The molecule has 1 saturated heterocycles. The number of likely N-dealkylation sites (tertiary alicyclic amines) is 1. The largest absolute Gasteiger partial charge is 0.444 e. The molecule has 3 N–H and O–H groups in total. The van der Waals surface area contributed by atoms with E-state index in [1.54, 1.807) is 11.8 Å². The van der Waals surface area contributed by atoms with Crippen LogP contribution in [-0.4, -0.2) is 46.4 Å². The van der Waals surface area contributed by atoms with Gasteiger partial charge in [0, 0.05) is 13.1 Å². The zero-order chi connectivity index (χ0) is 13.3. The second-order valence-corrected chi connectivity index (χ2v) is 5.89. The van der Waals surface area contributed by atoms with Crippen molar-refractivity contribution in [1.82, 2.24) is 4.90 Å². The molecule has 1 aliphatic rings. The lowest BCUT2D eigenvalue weighted by molar-refractivity contribution is -0.0286. The summed E-state index contributed by atoms with van der Waals surface area (Å²) < 4.78 is 5.33. The smallest absolute Gasteiger partial charge is 0.410 e. The van der Waals surface area contributed by atoms with E-state index in [4.69, 9.17) is 10.5 Å². The molecule has 0 unspecified atom stereocenters. The Hall–Kier alpha value is -0.810. The Bertz CT molecular complexity index is 284. The fraction of sp³-hybridized carbons (Fsp3) is 0.917. The lowest BCUT2D eigenvalue weighted by atomic mass is 9.94. The number of hydrogen-bond acceptors (Lipinski definition) is 4. The minimum absolute atomic E-state index is 0.136. The maximum atomic E-state index is 12.0. The summed E-state index contributed by atoms with van der Waals surface area (Å²) in [7, 11) is 0. The molecular weight excluding hydrogens is 220 g/mol. The summed E-state index contributed by atoms with van der Waals surface area (Å²) in [5.74, 6) is 0. The minimum Gasteiger partial charge on any atom is -0.444 e. The predicted octanol–water partition coefficient (Wildman–Crippen LogP) is 1.10. The van der Waals surface area contributed by atoms with Crippen molar-refractivity contribution in [2.24, 2.45) is 5.73 Å². The van der Waals surface area contributed by atoms with Crippen molar-refractivity contribution in [3.8, 4) is 0 Å². The zero-order valence-corrected chi connectivity index (χ0v) is 11.2. The van der Waals surface area contributed by atoms with Gasteiger partial charge < -0.3 is 20.5 Å². The number of rotatable bonds is 2. The SMILES string of the molecule is CC(C)(C)OC(=O)N1CCC[C@H]1[C@@](C)(O)CN. The van der Waals surface area contributed by atoms with Crippen LogP contribution in [0.4, 0.5) is 4.79 Å². The monoisotopic (exact) mass is 244 g/mol. The van der Waals surface area contributed by atoms with Gasteiger partial charge >= 0.3 is 6.09 Å². The van der Waals surface area contributed by atoms with Gasteiger partial charge in [0.1, 0.15) is 5.60 Å². The molecule has 2 atom stereocenters. The first kappa shape index (κ1) is 14.3. The van der Waals surface area contributed by atoms with Gasteiger partial charge in [0.2, 0.25) is 0 Å². The van der Waals surface area contributed by atoms with Crippen LogP contribution in [0.2, 0.25) is 0 Å². The van der Waals surface area contributed by atoms with Gasteiger partial charge in [0.15, 0.2) is 0 Å². The van der Waals surface area contributed by atoms with Crippen molar-refractivity contribution in [2.75, 3.05) is 13.1 Å². The van der Waals surface area contributed by atoms with Gasteiger partial charge in [0.05, 0.1) is 11.6 Å². The number of carbonyl (C=O) groups excluding carboxylic acids is 1. The van der Waals surface area contributed by atoms with Crippen LogP contribution in [0, 0.1) is 0 Å². The van der Waals surface area contributed by atoms with Gasteiger partial charge in [0.25, 0.3) is 0 Å². The first-order valence-corrected chi connectivity index (χ1v) is 6.09. The first-order valence-electron chi connectivity index (χ1n) is 6.09. The molecule has 0 bridgehead atoms. The molecule has 0 aromatic carbocycles. The van der Waals surface area contributed by atoms with E-state index in [-0.39, 0.29) is 18.7 Å². The van der Waals surface area contributed by atoms with E-state index in [0.717, 1.165) is 12.8 Å². The number of ether oxygens (including phenoxy) is 1. The van der Waals surface area contributed by atoms with Gasteiger partial charge in [-0.25, -0.2) is 4.79 Å². The highest BCUT2D eigenvalue weighted by molar-refractivity contribution is 5.69. The van der Waals surface area contributed by atoms with E-state index >= 15 is 0 Å². The third-order valence-corrected chi connectivity index (χ3v) is 3.01. The van der Waals surface area contributed by atoms with Crippen LogP contribution < -0.4 is 5.73 Å². The summed E-state index contributed by atoms with van der Waals surface area (Å²) in [6.45, 7) is 7.91. The summed E-state index contributed by atoms with van der Waals surface area (Å²) >= 11 is 0. The molecular formula is C12H24N2O3. The Balaban J connectivity index is 2.73. The number of nitrogens with zero attached hydrogens (tertiary/aromatic N) is 1. The predicted molar refractivity (Wildman–Crippen MR) is 65.6 cm³/mol. The maximum absolute atomic E-state index is 12.0. The van der Waals surface area contributed by atoms with Crippen LogP contribution in [0.5, 0.6) is 0 Å². The second kappa shape index (κ2) is 4.82. The van der Waals surface area contributed by atoms with E-state index < -0.39 is 11.2 Å². The molecule has 1 aliphatic heterocycles.